The number of anilines is 1. The Morgan fingerprint density at radius 1 is 1.24 bits per heavy atom. The molecule has 0 bridgehead atoms. The molecule has 1 saturated carbocycles. The molecular formula is C22H27F3N4O3S. The maximum Gasteiger partial charge on any atom is 0.573 e. The zero-order valence-corrected chi connectivity index (χ0v) is 19.2. The summed E-state index contributed by atoms with van der Waals surface area (Å²) in [4.78, 5) is 32.2. The van der Waals surface area contributed by atoms with Crippen molar-refractivity contribution < 1.29 is 27.5 Å². The van der Waals surface area contributed by atoms with Crippen LogP contribution in [0.3, 0.4) is 0 Å². The van der Waals surface area contributed by atoms with Crippen molar-refractivity contribution in [2.75, 3.05) is 18.9 Å². The number of thiazole rings is 1. The zero-order chi connectivity index (χ0) is 23.6. The Balaban J connectivity index is 1.44. The molecule has 1 aromatic heterocycles. The first-order chi connectivity index (χ1) is 15.6. The number of hydrogen-bond donors (Lipinski definition) is 2. The van der Waals surface area contributed by atoms with Gasteiger partial charge in [0.05, 0.1) is 22.7 Å². The van der Waals surface area contributed by atoms with Crippen molar-refractivity contribution in [1.29, 1.82) is 0 Å². The minimum atomic E-state index is -4.78. The molecule has 4 rings (SSSR count). The third kappa shape index (κ3) is 5.94. The van der Waals surface area contributed by atoms with Gasteiger partial charge in [-0.15, -0.1) is 13.2 Å². The summed E-state index contributed by atoms with van der Waals surface area (Å²) in [6, 6.07) is 3.69. The number of ether oxygens (including phenoxy) is 1. The van der Waals surface area contributed by atoms with Gasteiger partial charge in [-0.2, -0.15) is 0 Å². The summed E-state index contributed by atoms with van der Waals surface area (Å²) >= 11 is 1.08. The van der Waals surface area contributed by atoms with Gasteiger partial charge in [0.25, 0.3) is 0 Å². The van der Waals surface area contributed by atoms with Crippen molar-refractivity contribution in [3.63, 3.8) is 0 Å². The van der Waals surface area contributed by atoms with Gasteiger partial charge >= 0.3 is 6.36 Å². The number of likely N-dealkylation sites (N-methyl/N-ethyl adjacent to an activating group) is 1. The summed E-state index contributed by atoms with van der Waals surface area (Å²) in [5.74, 6) is -0.637. The molecule has 2 aromatic rings. The number of rotatable bonds is 6. The van der Waals surface area contributed by atoms with Crippen LogP contribution in [0, 0.1) is 0 Å². The number of carbonyl (C=O) groups excluding carboxylic acids is 2. The molecule has 180 valence electrons. The fourth-order valence-electron chi connectivity index (χ4n) is 4.79. The van der Waals surface area contributed by atoms with Gasteiger partial charge in [0.1, 0.15) is 5.75 Å². The minimum absolute atomic E-state index is 0.0260. The van der Waals surface area contributed by atoms with Crippen LogP contribution in [0.15, 0.2) is 18.2 Å². The Morgan fingerprint density at radius 3 is 2.67 bits per heavy atom. The van der Waals surface area contributed by atoms with Crippen LogP contribution in [0.25, 0.3) is 10.2 Å². The highest BCUT2D eigenvalue weighted by Crippen LogP contribution is 2.34. The fourth-order valence-corrected chi connectivity index (χ4v) is 5.70. The van der Waals surface area contributed by atoms with Crippen molar-refractivity contribution in [2.45, 2.75) is 69.3 Å². The van der Waals surface area contributed by atoms with Crippen LogP contribution in [0.4, 0.5) is 18.3 Å². The first kappa shape index (κ1) is 23.7. The van der Waals surface area contributed by atoms with Crippen LogP contribution in [0.2, 0.25) is 0 Å². The Hall–Kier alpha value is -2.40. The number of amides is 2. The molecule has 1 aliphatic heterocycles. The highest BCUT2D eigenvalue weighted by atomic mass is 32.1. The van der Waals surface area contributed by atoms with E-state index in [0.29, 0.717) is 15.3 Å². The van der Waals surface area contributed by atoms with Crippen molar-refractivity contribution >= 4 is 38.5 Å². The average Bonchev–Trinajstić information content (AvgIpc) is 3.32. The quantitative estimate of drug-likeness (QED) is 0.634. The predicted molar refractivity (Wildman–Crippen MR) is 119 cm³/mol. The van der Waals surface area contributed by atoms with E-state index in [4.69, 9.17) is 0 Å². The van der Waals surface area contributed by atoms with E-state index in [-0.39, 0.29) is 30.0 Å². The van der Waals surface area contributed by atoms with E-state index in [0.717, 1.165) is 62.8 Å². The molecule has 1 saturated heterocycles. The number of nitrogens with one attached hydrogen (secondary N) is 2. The van der Waals surface area contributed by atoms with E-state index in [1.165, 1.54) is 18.2 Å². The van der Waals surface area contributed by atoms with Gasteiger partial charge in [0, 0.05) is 11.6 Å². The summed E-state index contributed by atoms with van der Waals surface area (Å²) in [6.45, 7) is 0.888. The molecule has 1 aliphatic carbocycles. The van der Waals surface area contributed by atoms with Crippen molar-refractivity contribution in [2.24, 2.45) is 0 Å². The molecule has 2 N–H and O–H groups in total. The number of aromatic nitrogens is 1. The second-order valence-electron chi connectivity index (χ2n) is 8.89. The molecule has 2 amide bonds. The number of nitrogens with zero attached hydrogens (tertiary/aromatic N) is 2. The third-order valence-electron chi connectivity index (χ3n) is 6.36. The van der Waals surface area contributed by atoms with Crippen LogP contribution < -0.4 is 15.4 Å². The van der Waals surface area contributed by atoms with Crippen LogP contribution in [-0.2, 0) is 9.59 Å². The largest absolute Gasteiger partial charge is 0.573 e. The Bertz CT molecular complexity index is 1020. The first-order valence-electron chi connectivity index (χ1n) is 11.1. The van der Waals surface area contributed by atoms with Crippen LogP contribution in [0.1, 0.15) is 51.4 Å². The van der Waals surface area contributed by atoms with Crippen molar-refractivity contribution in [3.8, 4) is 5.75 Å². The summed E-state index contributed by atoms with van der Waals surface area (Å²) in [5, 5.41) is 6.26. The van der Waals surface area contributed by atoms with E-state index in [2.05, 4.69) is 20.4 Å². The molecule has 11 heteroatoms. The minimum Gasteiger partial charge on any atom is -0.406 e. The average molecular weight is 485 g/mol. The lowest BCUT2D eigenvalue weighted by Crippen LogP contribution is -2.55. The number of fused-ring (bicyclic) bond motifs is 1. The molecule has 2 heterocycles. The molecule has 1 aromatic carbocycles. The molecular weight excluding hydrogens is 457 g/mol. The normalized spacial score (nSPS) is 21.2. The highest BCUT2D eigenvalue weighted by molar-refractivity contribution is 7.22. The summed E-state index contributed by atoms with van der Waals surface area (Å²) in [6.07, 6.45) is 1.58. The lowest BCUT2D eigenvalue weighted by Gasteiger charge is -2.39. The number of hydrogen-bond acceptors (Lipinski definition) is 6. The van der Waals surface area contributed by atoms with Crippen LogP contribution >= 0.6 is 11.3 Å². The number of likely N-dealkylation sites (tertiary alicyclic amines) is 1. The first-order valence-corrected chi connectivity index (χ1v) is 11.9. The third-order valence-corrected chi connectivity index (χ3v) is 7.29. The van der Waals surface area contributed by atoms with Crippen LogP contribution in [0.5, 0.6) is 5.75 Å². The molecule has 7 nitrogen and oxygen atoms in total. The van der Waals surface area contributed by atoms with Crippen molar-refractivity contribution in [1.82, 2.24) is 15.2 Å². The van der Waals surface area contributed by atoms with Gasteiger partial charge in [-0.1, -0.05) is 30.6 Å². The number of alkyl halides is 3. The number of halogens is 3. The summed E-state index contributed by atoms with van der Waals surface area (Å²) < 4.78 is 41.8. The monoisotopic (exact) mass is 484 g/mol. The van der Waals surface area contributed by atoms with E-state index >= 15 is 0 Å². The van der Waals surface area contributed by atoms with Gasteiger partial charge in [-0.3, -0.25) is 14.5 Å². The molecule has 0 radical (unpaired) electrons. The smallest absolute Gasteiger partial charge is 0.406 e. The second-order valence-corrected chi connectivity index (χ2v) is 9.92. The molecule has 2 fully saturated rings. The fraction of sp³-hybridized carbons (Fsp3) is 0.591. The lowest BCUT2D eigenvalue weighted by atomic mass is 9.78. The number of carbonyl (C=O) groups is 2. The SMILES string of the molecule is CN1CCC[C@H]1C(=O)NC1(CC(=O)Nc2nc3ccc(OC(F)(F)F)cc3s2)CCCCC1. The topological polar surface area (TPSA) is 83.6 Å². The maximum absolute atomic E-state index is 12.9. The van der Waals surface area contributed by atoms with Crippen LogP contribution in [-0.4, -0.2) is 53.2 Å². The van der Waals surface area contributed by atoms with Gasteiger partial charge in [0.2, 0.25) is 11.8 Å². The van der Waals surface area contributed by atoms with E-state index in [1.54, 1.807) is 0 Å². The highest BCUT2D eigenvalue weighted by Gasteiger charge is 2.39. The van der Waals surface area contributed by atoms with E-state index in [1.807, 2.05) is 11.9 Å². The molecule has 1 atom stereocenters. The second kappa shape index (κ2) is 9.46. The van der Waals surface area contributed by atoms with Gasteiger partial charge in [-0.25, -0.2) is 4.98 Å². The van der Waals surface area contributed by atoms with E-state index < -0.39 is 11.9 Å². The predicted octanol–water partition coefficient (Wildman–Crippen LogP) is 4.44. The van der Waals surface area contributed by atoms with Gasteiger partial charge in [-0.05, 0) is 51.4 Å². The molecule has 2 aliphatic rings. The number of benzene rings is 1. The van der Waals surface area contributed by atoms with Gasteiger partial charge in [0.15, 0.2) is 5.13 Å². The zero-order valence-electron chi connectivity index (χ0n) is 18.3. The standard InChI is InChI=1S/C22H27F3N4O3S/c1-29-11-5-6-16(29)19(31)28-21(9-3-2-4-10-21)13-18(30)27-20-26-15-8-7-14(12-17(15)33-20)32-22(23,24)25/h7-8,12,16H,2-6,9-11,13H2,1H3,(H,28,31)(H,26,27,30)/t16-/m0/s1. The Kier molecular flexibility index (Phi) is 6.81. The van der Waals surface area contributed by atoms with E-state index in [9.17, 15) is 22.8 Å². The molecule has 0 spiro atoms. The summed E-state index contributed by atoms with van der Waals surface area (Å²) in [5.41, 5.74) is -0.123. The Labute approximate surface area is 193 Å². The summed E-state index contributed by atoms with van der Waals surface area (Å²) in [7, 11) is 1.94. The van der Waals surface area contributed by atoms with Crippen molar-refractivity contribution in [3.05, 3.63) is 18.2 Å². The lowest BCUT2D eigenvalue weighted by molar-refractivity contribution is -0.274. The molecule has 33 heavy (non-hydrogen) atoms. The van der Waals surface area contributed by atoms with Gasteiger partial charge < -0.3 is 15.4 Å². The molecule has 0 unspecified atom stereocenters. The maximum atomic E-state index is 12.9. The Morgan fingerprint density at radius 2 is 2.00 bits per heavy atom.